The minimum absolute atomic E-state index is 0.0322. The lowest BCUT2D eigenvalue weighted by atomic mass is 9.85. The summed E-state index contributed by atoms with van der Waals surface area (Å²) in [5.74, 6) is 0.278. The zero-order chi connectivity index (χ0) is 27.5. The Kier molecular flexibility index (Phi) is 9.14. The Hall–Kier alpha value is -2.35. The molecular formula is C29H40ClNO5Si. The van der Waals surface area contributed by atoms with Crippen LogP contribution in [0.25, 0.3) is 0 Å². The number of ether oxygens (including phenoxy) is 2. The molecule has 1 heterocycles. The maximum absolute atomic E-state index is 13.9. The standard InChI is InChI=1S/C29H40ClNO5Si/c1-9-35-22-13-14-26(30)20(15-22)16-27(32)31-19(2)23-11-10-12-24(28(33)34-6)25(23)17-21(31)18-36-37(7,8)29(3,4)5/h10-15,19,21H,9,16-18H2,1-8H3/t19-,21+/m0/s1. The fraction of sp³-hybridized carbons (Fsp3) is 0.517. The fourth-order valence-electron chi connectivity index (χ4n) is 4.60. The summed E-state index contributed by atoms with van der Waals surface area (Å²) in [6.07, 6.45) is 0.657. The highest BCUT2D eigenvalue weighted by Gasteiger charge is 2.41. The monoisotopic (exact) mass is 545 g/mol. The number of rotatable bonds is 8. The predicted molar refractivity (Wildman–Crippen MR) is 150 cm³/mol. The van der Waals surface area contributed by atoms with Gasteiger partial charge in [0.05, 0.1) is 44.4 Å². The molecule has 1 aliphatic rings. The SMILES string of the molecule is CCOc1ccc(Cl)c(CC(=O)N2[C@@H](CO[Si](C)(C)C(C)(C)C)Cc3c(C(=O)OC)cccc3[C@@H]2C)c1. The lowest BCUT2D eigenvalue weighted by Crippen LogP contribution is -2.52. The van der Waals surface area contributed by atoms with E-state index in [9.17, 15) is 9.59 Å². The molecule has 8 heteroatoms. The number of methoxy groups -OCH3 is 1. The lowest BCUT2D eigenvalue weighted by molar-refractivity contribution is -0.137. The third-order valence-corrected chi connectivity index (χ3v) is 12.6. The van der Waals surface area contributed by atoms with E-state index >= 15 is 0 Å². The maximum atomic E-state index is 13.9. The number of carbonyl (C=O) groups is 2. The van der Waals surface area contributed by atoms with E-state index in [0.717, 1.165) is 16.7 Å². The van der Waals surface area contributed by atoms with Gasteiger partial charge in [-0.15, -0.1) is 0 Å². The zero-order valence-electron chi connectivity index (χ0n) is 23.3. The van der Waals surface area contributed by atoms with Crippen LogP contribution < -0.4 is 4.74 Å². The van der Waals surface area contributed by atoms with Crippen LogP contribution in [0.15, 0.2) is 36.4 Å². The summed E-state index contributed by atoms with van der Waals surface area (Å²) in [6, 6.07) is 10.6. The first-order valence-electron chi connectivity index (χ1n) is 12.9. The number of amides is 1. The van der Waals surface area contributed by atoms with E-state index in [4.69, 9.17) is 25.5 Å². The minimum atomic E-state index is -2.08. The average molecular weight is 546 g/mol. The van der Waals surface area contributed by atoms with Crippen molar-refractivity contribution in [1.29, 1.82) is 0 Å². The van der Waals surface area contributed by atoms with E-state index in [2.05, 4.69) is 33.9 Å². The maximum Gasteiger partial charge on any atom is 0.338 e. The van der Waals surface area contributed by atoms with Crippen molar-refractivity contribution in [2.75, 3.05) is 20.3 Å². The van der Waals surface area contributed by atoms with Gasteiger partial charge < -0.3 is 18.8 Å². The second kappa shape index (κ2) is 11.6. The number of esters is 1. The lowest BCUT2D eigenvalue weighted by Gasteiger charge is -2.44. The summed E-state index contributed by atoms with van der Waals surface area (Å²) in [7, 11) is -0.685. The van der Waals surface area contributed by atoms with Gasteiger partial charge in [0.15, 0.2) is 8.32 Å². The number of halogens is 1. The zero-order valence-corrected chi connectivity index (χ0v) is 25.1. The smallest absolute Gasteiger partial charge is 0.338 e. The van der Waals surface area contributed by atoms with Crippen molar-refractivity contribution in [3.8, 4) is 5.75 Å². The molecule has 0 bridgehead atoms. The molecule has 202 valence electrons. The topological polar surface area (TPSA) is 65.1 Å². The number of fused-ring (bicyclic) bond motifs is 1. The van der Waals surface area contributed by atoms with Gasteiger partial charge in [-0.1, -0.05) is 44.5 Å². The van der Waals surface area contributed by atoms with Crippen LogP contribution in [0, 0.1) is 0 Å². The number of carbonyl (C=O) groups excluding carboxylic acids is 2. The summed E-state index contributed by atoms with van der Waals surface area (Å²) in [5.41, 5.74) is 3.15. The van der Waals surface area contributed by atoms with Gasteiger partial charge in [0.25, 0.3) is 0 Å². The highest BCUT2D eigenvalue weighted by molar-refractivity contribution is 6.74. The van der Waals surface area contributed by atoms with Crippen molar-refractivity contribution in [3.05, 3.63) is 63.7 Å². The van der Waals surface area contributed by atoms with Crippen molar-refractivity contribution < 1.29 is 23.5 Å². The summed E-state index contributed by atoms with van der Waals surface area (Å²) in [4.78, 5) is 28.4. The number of benzene rings is 2. The van der Waals surface area contributed by atoms with E-state index in [-0.39, 0.29) is 35.4 Å². The molecule has 0 unspecified atom stereocenters. The van der Waals surface area contributed by atoms with Gasteiger partial charge in [-0.3, -0.25) is 4.79 Å². The molecule has 0 N–H and O–H groups in total. The first kappa shape index (κ1) is 29.2. The van der Waals surface area contributed by atoms with Crippen LogP contribution in [0.1, 0.15) is 67.7 Å². The molecular weight excluding hydrogens is 506 g/mol. The van der Waals surface area contributed by atoms with E-state index in [1.807, 2.05) is 43.0 Å². The minimum Gasteiger partial charge on any atom is -0.494 e. The normalized spacial score (nSPS) is 17.8. The van der Waals surface area contributed by atoms with Crippen LogP contribution >= 0.6 is 11.6 Å². The first-order chi connectivity index (χ1) is 17.3. The van der Waals surface area contributed by atoms with Gasteiger partial charge in [-0.05, 0) is 79.4 Å². The quantitative estimate of drug-likeness (QED) is 0.276. The Morgan fingerprint density at radius 2 is 1.86 bits per heavy atom. The Labute approximate surface area is 227 Å². The molecule has 0 fully saturated rings. The van der Waals surface area contributed by atoms with Crippen LogP contribution in [-0.2, 0) is 26.8 Å². The van der Waals surface area contributed by atoms with Gasteiger partial charge in [-0.25, -0.2) is 4.79 Å². The highest BCUT2D eigenvalue weighted by atomic mass is 35.5. The van der Waals surface area contributed by atoms with Crippen molar-refractivity contribution in [2.24, 2.45) is 0 Å². The van der Waals surface area contributed by atoms with Crippen LogP contribution in [0.2, 0.25) is 23.2 Å². The van der Waals surface area contributed by atoms with Crippen LogP contribution in [-0.4, -0.2) is 51.5 Å². The predicted octanol–water partition coefficient (Wildman–Crippen LogP) is 6.60. The molecule has 3 rings (SSSR count). The summed E-state index contributed by atoms with van der Waals surface area (Å²) < 4.78 is 17.3. The Morgan fingerprint density at radius 3 is 2.49 bits per heavy atom. The second-order valence-electron chi connectivity index (χ2n) is 11.1. The van der Waals surface area contributed by atoms with Crippen molar-refractivity contribution in [1.82, 2.24) is 4.90 Å². The molecule has 0 saturated carbocycles. The van der Waals surface area contributed by atoms with E-state index in [0.29, 0.717) is 36.0 Å². The molecule has 0 aromatic heterocycles. The van der Waals surface area contributed by atoms with Crippen LogP contribution in [0.4, 0.5) is 0 Å². The van der Waals surface area contributed by atoms with Gasteiger partial charge in [-0.2, -0.15) is 0 Å². The van der Waals surface area contributed by atoms with Gasteiger partial charge in [0.1, 0.15) is 5.75 Å². The summed E-state index contributed by atoms with van der Waals surface area (Å²) >= 11 is 6.48. The molecule has 6 nitrogen and oxygen atoms in total. The third kappa shape index (κ3) is 6.39. The molecule has 2 aromatic carbocycles. The molecule has 37 heavy (non-hydrogen) atoms. The van der Waals surface area contributed by atoms with E-state index in [1.54, 1.807) is 12.1 Å². The summed E-state index contributed by atoms with van der Waals surface area (Å²) in [6.45, 7) is 15.9. The molecule has 2 aromatic rings. The molecule has 1 amide bonds. The Bertz CT molecular complexity index is 1140. The van der Waals surface area contributed by atoms with Crippen molar-refractivity contribution >= 4 is 31.8 Å². The number of hydrogen-bond donors (Lipinski definition) is 0. The first-order valence-corrected chi connectivity index (χ1v) is 16.2. The molecule has 0 spiro atoms. The third-order valence-electron chi connectivity index (χ3n) is 7.72. The average Bonchev–Trinajstić information content (AvgIpc) is 2.83. The molecule has 1 aliphatic heterocycles. The molecule has 2 atom stereocenters. The fourth-order valence-corrected chi connectivity index (χ4v) is 5.83. The second-order valence-corrected chi connectivity index (χ2v) is 16.4. The van der Waals surface area contributed by atoms with Crippen molar-refractivity contribution in [2.45, 2.75) is 77.7 Å². The van der Waals surface area contributed by atoms with Gasteiger partial charge >= 0.3 is 5.97 Å². The highest BCUT2D eigenvalue weighted by Crippen LogP contribution is 2.39. The van der Waals surface area contributed by atoms with Crippen molar-refractivity contribution in [3.63, 3.8) is 0 Å². The largest absolute Gasteiger partial charge is 0.494 e. The van der Waals surface area contributed by atoms with Crippen LogP contribution in [0.3, 0.4) is 0 Å². The van der Waals surface area contributed by atoms with E-state index < -0.39 is 8.32 Å². The summed E-state index contributed by atoms with van der Waals surface area (Å²) in [5, 5.41) is 0.564. The van der Waals surface area contributed by atoms with E-state index in [1.165, 1.54) is 7.11 Å². The van der Waals surface area contributed by atoms with Crippen LogP contribution in [0.5, 0.6) is 5.75 Å². The Balaban J connectivity index is 1.99. The number of hydrogen-bond acceptors (Lipinski definition) is 5. The Morgan fingerprint density at radius 1 is 1.16 bits per heavy atom. The number of nitrogens with zero attached hydrogens (tertiary/aromatic N) is 1. The molecule has 0 radical (unpaired) electrons. The molecule has 0 aliphatic carbocycles. The van der Waals surface area contributed by atoms with Gasteiger partial charge in [0.2, 0.25) is 5.91 Å². The molecule has 0 saturated heterocycles. The van der Waals surface area contributed by atoms with Gasteiger partial charge in [0, 0.05) is 5.02 Å².